The number of anilines is 1. The van der Waals surface area contributed by atoms with Gasteiger partial charge >= 0.3 is 0 Å². The molecule has 0 aliphatic heterocycles. The summed E-state index contributed by atoms with van der Waals surface area (Å²) in [4.78, 5) is 32.0. The molecule has 3 N–H and O–H groups in total. The van der Waals surface area contributed by atoms with Crippen molar-refractivity contribution in [2.24, 2.45) is 0 Å². The van der Waals surface area contributed by atoms with Gasteiger partial charge in [0.25, 0.3) is 11.5 Å². The first kappa shape index (κ1) is 18.3. The number of pyridine rings is 1. The van der Waals surface area contributed by atoms with Gasteiger partial charge in [-0.05, 0) is 43.7 Å². The quantitative estimate of drug-likeness (QED) is 0.635. The van der Waals surface area contributed by atoms with Crippen molar-refractivity contribution in [2.45, 2.75) is 19.4 Å². The number of carbonyl (C=O) groups excluding carboxylic acids is 1. The van der Waals surface area contributed by atoms with E-state index in [9.17, 15) is 14.7 Å². The van der Waals surface area contributed by atoms with Crippen LogP contribution < -0.4 is 10.9 Å². The maximum Gasteiger partial charge on any atom is 0.263 e. The first-order valence-corrected chi connectivity index (χ1v) is 8.93. The molecule has 0 saturated heterocycles. The van der Waals surface area contributed by atoms with E-state index in [1.165, 1.54) is 12.3 Å². The highest BCUT2D eigenvalue weighted by Gasteiger charge is 2.20. The lowest BCUT2D eigenvalue weighted by atomic mass is 10.1. The van der Waals surface area contributed by atoms with Crippen LogP contribution in [0.5, 0.6) is 0 Å². The molecule has 1 amide bonds. The number of rotatable bonds is 4. The van der Waals surface area contributed by atoms with Gasteiger partial charge in [-0.25, -0.2) is 4.98 Å². The third kappa shape index (κ3) is 4.01. The van der Waals surface area contributed by atoms with Gasteiger partial charge in [-0.1, -0.05) is 35.1 Å². The molecule has 26 heavy (non-hydrogen) atoms. The Morgan fingerprint density at radius 1 is 1.31 bits per heavy atom. The summed E-state index contributed by atoms with van der Waals surface area (Å²) in [6, 6.07) is 10.1. The van der Waals surface area contributed by atoms with E-state index in [2.05, 4.69) is 15.3 Å². The van der Waals surface area contributed by atoms with E-state index < -0.39 is 17.1 Å². The predicted molar refractivity (Wildman–Crippen MR) is 103 cm³/mol. The lowest BCUT2D eigenvalue weighted by Crippen LogP contribution is -2.23. The summed E-state index contributed by atoms with van der Waals surface area (Å²) in [5.41, 5.74) is -0.282. The number of benzene rings is 1. The van der Waals surface area contributed by atoms with E-state index >= 15 is 0 Å². The van der Waals surface area contributed by atoms with E-state index in [-0.39, 0.29) is 5.56 Å². The smallest absolute Gasteiger partial charge is 0.263 e. The second-order valence-corrected chi connectivity index (χ2v) is 7.64. The molecule has 0 spiro atoms. The number of H-pyrrole nitrogens is 1. The van der Waals surface area contributed by atoms with E-state index in [4.69, 9.17) is 11.6 Å². The normalized spacial score (nSPS) is 11.4. The largest absolute Gasteiger partial charge is 0.385 e. The van der Waals surface area contributed by atoms with Gasteiger partial charge < -0.3 is 10.1 Å². The van der Waals surface area contributed by atoms with Crippen molar-refractivity contribution in [1.82, 2.24) is 9.97 Å². The molecule has 6 nitrogen and oxygen atoms in total. The van der Waals surface area contributed by atoms with Gasteiger partial charge in [0, 0.05) is 16.9 Å². The Bertz CT molecular complexity index is 1020. The molecule has 8 heteroatoms. The molecule has 2 heterocycles. The minimum atomic E-state index is -1.04. The second kappa shape index (κ2) is 7.03. The number of aromatic amines is 1. The van der Waals surface area contributed by atoms with Crippen LogP contribution in [0, 0.1) is 0 Å². The summed E-state index contributed by atoms with van der Waals surface area (Å²) in [6.45, 7) is 3.26. The van der Waals surface area contributed by atoms with E-state index in [0.29, 0.717) is 20.7 Å². The number of carbonyl (C=O) groups is 1. The fourth-order valence-corrected chi connectivity index (χ4v) is 3.26. The van der Waals surface area contributed by atoms with Crippen molar-refractivity contribution in [3.8, 4) is 11.3 Å². The fourth-order valence-electron chi connectivity index (χ4n) is 2.26. The molecule has 2 aromatic heterocycles. The number of aromatic nitrogens is 2. The first-order chi connectivity index (χ1) is 12.2. The lowest BCUT2D eigenvalue weighted by Gasteiger charge is -2.13. The number of halogens is 1. The Hall–Kier alpha value is -2.48. The molecule has 0 atom stereocenters. The van der Waals surface area contributed by atoms with Crippen LogP contribution in [0.3, 0.4) is 0 Å². The summed E-state index contributed by atoms with van der Waals surface area (Å²) in [5, 5.41) is 13.4. The number of aliphatic hydroxyl groups is 1. The van der Waals surface area contributed by atoms with Gasteiger partial charge in [0.2, 0.25) is 0 Å². The molecule has 0 saturated carbocycles. The average Bonchev–Trinajstić information content (AvgIpc) is 3.03. The SMILES string of the molecule is CC(C)(O)c1cnc(NC(=O)c2ccc(-c3cccc(Cl)c3)[nH]c2=O)s1. The van der Waals surface area contributed by atoms with E-state index in [0.717, 1.165) is 16.9 Å². The van der Waals surface area contributed by atoms with Crippen LogP contribution in [0.1, 0.15) is 29.1 Å². The molecule has 3 aromatic rings. The molecule has 134 valence electrons. The molecule has 0 fully saturated rings. The van der Waals surface area contributed by atoms with Gasteiger partial charge in [0.15, 0.2) is 5.13 Å². The Labute approximate surface area is 158 Å². The van der Waals surface area contributed by atoms with Crippen LogP contribution in [0.25, 0.3) is 11.3 Å². The van der Waals surface area contributed by atoms with Crippen LogP contribution in [0.15, 0.2) is 47.4 Å². The second-order valence-electron chi connectivity index (χ2n) is 6.17. The monoisotopic (exact) mass is 389 g/mol. The Kier molecular flexibility index (Phi) is 4.95. The average molecular weight is 390 g/mol. The standard InChI is InChI=1S/C18H16ClN3O3S/c1-18(2,25)14-9-20-17(26-14)22-16(24)12-6-7-13(21-15(12)23)10-4-3-5-11(19)8-10/h3-9,25H,1-2H3,(H,21,23)(H,20,22,24). The molecule has 3 rings (SSSR count). The van der Waals surface area contributed by atoms with Gasteiger partial charge in [-0.2, -0.15) is 0 Å². The van der Waals surface area contributed by atoms with Crippen LogP contribution in [0.2, 0.25) is 5.02 Å². The molecule has 0 radical (unpaired) electrons. The first-order valence-electron chi connectivity index (χ1n) is 7.73. The van der Waals surface area contributed by atoms with Crippen molar-refractivity contribution in [1.29, 1.82) is 0 Å². The van der Waals surface area contributed by atoms with Gasteiger partial charge in [0.1, 0.15) is 5.56 Å². The van der Waals surface area contributed by atoms with Crippen molar-refractivity contribution in [2.75, 3.05) is 5.32 Å². The van der Waals surface area contributed by atoms with Crippen LogP contribution in [-0.2, 0) is 5.60 Å². The summed E-state index contributed by atoms with van der Waals surface area (Å²) in [6.07, 6.45) is 1.49. The Morgan fingerprint density at radius 2 is 2.08 bits per heavy atom. The number of nitrogens with zero attached hydrogens (tertiary/aromatic N) is 1. The number of hydrogen-bond acceptors (Lipinski definition) is 5. The molecule has 0 unspecified atom stereocenters. The van der Waals surface area contributed by atoms with Crippen molar-refractivity contribution in [3.63, 3.8) is 0 Å². The summed E-state index contributed by atoms with van der Waals surface area (Å²) < 4.78 is 0. The van der Waals surface area contributed by atoms with E-state index in [1.807, 2.05) is 6.07 Å². The van der Waals surface area contributed by atoms with Crippen LogP contribution in [0.4, 0.5) is 5.13 Å². The zero-order chi connectivity index (χ0) is 18.9. The van der Waals surface area contributed by atoms with Gasteiger partial charge in [-0.3, -0.25) is 14.9 Å². The van der Waals surface area contributed by atoms with Crippen molar-refractivity contribution >= 4 is 34.0 Å². The highest BCUT2D eigenvalue weighted by molar-refractivity contribution is 7.15. The van der Waals surface area contributed by atoms with Crippen LogP contribution >= 0.6 is 22.9 Å². The number of hydrogen-bond donors (Lipinski definition) is 3. The zero-order valence-electron chi connectivity index (χ0n) is 14.0. The fraction of sp³-hybridized carbons (Fsp3) is 0.167. The highest BCUT2D eigenvalue weighted by Crippen LogP contribution is 2.28. The summed E-state index contributed by atoms with van der Waals surface area (Å²) >= 11 is 7.11. The minimum Gasteiger partial charge on any atom is -0.385 e. The molecule has 0 aliphatic carbocycles. The van der Waals surface area contributed by atoms with Gasteiger partial charge in [0.05, 0.1) is 10.5 Å². The summed E-state index contributed by atoms with van der Waals surface area (Å²) in [7, 11) is 0. The highest BCUT2D eigenvalue weighted by atomic mass is 35.5. The maximum atomic E-state index is 12.3. The Morgan fingerprint density at radius 3 is 2.69 bits per heavy atom. The number of thiazole rings is 1. The molecule has 0 bridgehead atoms. The Balaban J connectivity index is 1.82. The molecular formula is C18H16ClN3O3S. The van der Waals surface area contributed by atoms with Crippen molar-refractivity contribution < 1.29 is 9.90 Å². The number of nitrogens with one attached hydrogen (secondary N) is 2. The van der Waals surface area contributed by atoms with E-state index in [1.54, 1.807) is 38.1 Å². The number of amides is 1. The summed E-state index contributed by atoms with van der Waals surface area (Å²) in [5.74, 6) is -0.569. The third-order valence-electron chi connectivity index (χ3n) is 3.62. The topological polar surface area (TPSA) is 95.1 Å². The predicted octanol–water partition coefficient (Wildman–Crippen LogP) is 3.63. The molecule has 0 aliphatic rings. The molecule has 1 aromatic carbocycles. The maximum absolute atomic E-state index is 12.3. The van der Waals surface area contributed by atoms with Crippen molar-refractivity contribution in [3.05, 3.63) is 68.4 Å². The van der Waals surface area contributed by atoms with Gasteiger partial charge in [-0.15, -0.1) is 0 Å². The third-order valence-corrected chi connectivity index (χ3v) is 5.08. The molecular weight excluding hydrogens is 374 g/mol. The van der Waals surface area contributed by atoms with Crippen LogP contribution in [-0.4, -0.2) is 21.0 Å². The zero-order valence-corrected chi connectivity index (χ0v) is 15.6. The lowest BCUT2D eigenvalue weighted by molar-refractivity contribution is 0.0823. The minimum absolute atomic E-state index is 0.0317.